The second-order valence-corrected chi connectivity index (χ2v) is 2.90. The number of rotatable bonds is 3. The molecule has 1 heterocycles. The first-order chi connectivity index (χ1) is 5.18. The van der Waals surface area contributed by atoms with Crippen LogP contribution < -0.4 is 0 Å². The second-order valence-electron chi connectivity index (χ2n) is 2.90. The van der Waals surface area contributed by atoms with E-state index in [2.05, 4.69) is 4.90 Å². The second kappa shape index (κ2) is 3.97. The molecule has 4 heteroatoms. The van der Waals surface area contributed by atoms with E-state index in [9.17, 15) is 8.78 Å². The van der Waals surface area contributed by atoms with E-state index in [1.165, 1.54) is 0 Å². The third-order valence-corrected chi connectivity index (χ3v) is 1.81. The number of ether oxygens (including phenoxy) is 1. The Hall–Kier alpha value is -0.220. The lowest BCUT2D eigenvalue weighted by molar-refractivity contribution is -0.0190. The van der Waals surface area contributed by atoms with Crippen molar-refractivity contribution >= 4 is 0 Å². The smallest absolute Gasteiger partial charge is 0.261 e. The first-order valence-corrected chi connectivity index (χ1v) is 3.77. The molecule has 0 spiro atoms. The fraction of sp³-hybridized carbons (Fsp3) is 1.00. The maximum absolute atomic E-state index is 11.6. The van der Waals surface area contributed by atoms with Gasteiger partial charge in [0.25, 0.3) is 6.43 Å². The zero-order valence-electron chi connectivity index (χ0n) is 6.59. The van der Waals surface area contributed by atoms with Crippen molar-refractivity contribution in [1.29, 1.82) is 0 Å². The average molecular weight is 165 g/mol. The topological polar surface area (TPSA) is 12.5 Å². The van der Waals surface area contributed by atoms with Crippen molar-refractivity contribution in [1.82, 2.24) is 4.90 Å². The van der Waals surface area contributed by atoms with Crippen LogP contribution in [-0.4, -0.2) is 44.2 Å². The minimum Gasteiger partial charge on any atom is -0.371 e. The van der Waals surface area contributed by atoms with E-state index in [1.807, 2.05) is 7.05 Å². The van der Waals surface area contributed by atoms with Crippen LogP contribution in [0.4, 0.5) is 8.78 Å². The Bertz CT molecular complexity index is 121. The average Bonchev–Trinajstić information content (AvgIpc) is 2.31. The largest absolute Gasteiger partial charge is 0.371 e. The van der Waals surface area contributed by atoms with Crippen molar-refractivity contribution in [3.63, 3.8) is 0 Å². The Morgan fingerprint density at radius 3 is 2.82 bits per heavy atom. The summed E-state index contributed by atoms with van der Waals surface area (Å²) >= 11 is 0. The highest BCUT2D eigenvalue weighted by atomic mass is 19.3. The molecular weight excluding hydrogens is 152 g/mol. The van der Waals surface area contributed by atoms with E-state index < -0.39 is 13.0 Å². The lowest BCUT2D eigenvalue weighted by atomic mass is 10.3. The van der Waals surface area contributed by atoms with Crippen LogP contribution in [0.3, 0.4) is 0 Å². The third kappa shape index (κ3) is 3.12. The van der Waals surface area contributed by atoms with Crippen LogP contribution in [0.15, 0.2) is 0 Å². The number of likely N-dealkylation sites (tertiary alicyclic amines) is 1. The molecule has 1 fully saturated rings. The molecule has 0 aromatic heterocycles. The summed E-state index contributed by atoms with van der Waals surface area (Å²) in [6, 6.07) is 0. The molecule has 0 radical (unpaired) electrons. The lowest BCUT2D eigenvalue weighted by Gasteiger charge is -2.10. The summed E-state index contributed by atoms with van der Waals surface area (Å²) in [5.74, 6) is 0. The van der Waals surface area contributed by atoms with Crippen LogP contribution in [0.25, 0.3) is 0 Å². The Morgan fingerprint density at radius 1 is 1.64 bits per heavy atom. The van der Waals surface area contributed by atoms with Gasteiger partial charge in [-0.05, 0) is 13.5 Å². The standard InChI is InChI=1S/C7H13F2NO/c1-10-3-2-6(4-10)11-5-7(8)9/h6-7H,2-5H2,1H3. The molecule has 0 aliphatic carbocycles. The third-order valence-electron chi connectivity index (χ3n) is 1.81. The number of hydrogen-bond acceptors (Lipinski definition) is 2. The number of alkyl halides is 2. The van der Waals surface area contributed by atoms with Crippen LogP contribution in [-0.2, 0) is 4.74 Å². The molecule has 1 saturated heterocycles. The molecule has 0 saturated carbocycles. The Labute approximate surface area is 65.1 Å². The molecule has 66 valence electrons. The fourth-order valence-electron chi connectivity index (χ4n) is 1.24. The maximum Gasteiger partial charge on any atom is 0.261 e. The van der Waals surface area contributed by atoms with E-state index in [1.54, 1.807) is 0 Å². The summed E-state index contributed by atoms with van der Waals surface area (Å²) in [5.41, 5.74) is 0. The van der Waals surface area contributed by atoms with Crippen LogP contribution in [0.2, 0.25) is 0 Å². The molecule has 11 heavy (non-hydrogen) atoms. The predicted molar refractivity (Wildman–Crippen MR) is 37.9 cm³/mol. The van der Waals surface area contributed by atoms with Gasteiger partial charge in [0.15, 0.2) is 0 Å². The summed E-state index contributed by atoms with van der Waals surface area (Å²) in [6.45, 7) is 1.32. The first-order valence-electron chi connectivity index (χ1n) is 3.77. The van der Waals surface area contributed by atoms with E-state index >= 15 is 0 Å². The van der Waals surface area contributed by atoms with Gasteiger partial charge >= 0.3 is 0 Å². The molecule has 0 aromatic carbocycles. The highest BCUT2D eigenvalue weighted by Gasteiger charge is 2.20. The SMILES string of the molecule is CN1CCC(OCC(F)F)C1. The summed E-state index contributed by atoms with van der Waals surface area (Å²) in [5, 5.41) is 0. The number of nitrogens with zero attached hydrogens (tertiary/aromatic N) is 1. The van der Waals surface area contributed by atoms with Crippen molar-refractivity contribution < 1.29 is 13.5 Å². The number of hydrogen-bond donors (Lipinski definition) is 0. The number of likely N-dealkylation sites (N-methyl/N-ethyl adjacent to an activating group) is 1. The molecule has 1 rings (SSSR count). The molecule has 1 atom stereocenters. The molecule has 2 nitrogen and oxygen atoms in total. The van der Waals surface area contributed by atoms with Gasteiger partial charge in [-0.1, -0.05) is 0 Å². The summed E-state index contributed by atoms with van der Waals surface area (Å²) in [6.07, 6.45) is -1.43. The normalized spacial score (nSPS) is 26.7. The van der Waals surface area contributed by atoms with Gasteiger partial charge in [0.2, 0.25) is 0 Å². The van der Waals surface area contributed by atoms with Crippen molar-refractivity contribution in [2.45, 2.75) is 19.0 Å². The Morgan fingerprint density at radius 2 is 2.36 bits per heavy atom. The van der Waals surface area contributed by atoms with Crippen molar-refractivity contribution in [2.24, 2.45) is 0 Å². The van der Waals surface area contributed by atoms with Gasteiger partial charge in [-0.2, -0.15) is 0 Å². The quantitative estimate of drug-likeness (QED) is 0.618. The molecule has 1 unspecified atom stereocenters. The molecule has 0 bridgehead atoms. The maximum atomic E-state index is 11.6. The molecule has 0 aromatic rings. The van der Waals surface area contributed by atoms with Crippen molar-refractivity contribution in [3.05, 3.63) is 0 Å². The van der Waals surface area contributed by atoms with Crippen LogP contribution in [0.1, 0.15) is 6.42 Å². The van der Waals surface area contributed by atoms with Gasteiger partial charge in [-0.25, -0.2) is 8.78 Å². The summed E-state index contributed by atoms with van der Waals surface area (Å²) in [7, 11) is 1.96. The zero-order chi connectivity index (χ0) is 8.27. The minimum absolute atomic E-state index is 0.0222. The minimum atomic E-state index is -2.33. The van der Waals surface area contributed by atoms with E-state index in [0.717, 1.165) is 19.5 Å². The van der Waals surface area contributed by atoms with Gasteiger partial charge in [0.05, 0.1) is 6.10 Å². The summed E-state index contributed by atoms with van der Waals surface area (Å²) in [4.78, 5) is 2.08. The molecule has 1 aliphatic heterocycles. The zero-order valence-corrected chi connectivity index (χ0v) is 6.59. The first kappa shape index (κ1) is 8.87. The van der Waals surface area contributed by atoms with Crippen molar-refractivity contribution in [3.8, 4) is 0 Å². The predicted octanol–water partition coefficient (Wildman–Crippen LogP) is 0.972. The Balaban J connectivity index is 2.08. The van der Waals surface area contributed by atoms with Crippen LogP contribution >= 0.6 is 0 Å². The van der Waals surface area contributed by atoms with Gasteiger partial charge < -0.3 is 9.64 Å². The van der Waals surface area contributed by atoms with Crippen LogP contribution in [0.5, 0.6) is 0 Å². The van der Waals surface area contributed by atoms with E-state index in [-0.39, 0.29) is 6.10 Å². The molecule has 0 N–H and O–H groups in total. The summed E-state index contributed by atoms with van der Waals surface area (Å²) < 4.78 is 28.2. The monoisotopic (exact) mass is 165 g/mol. The van der Waals surface area contributed by atoms with Crippen molar-refractivity contribution in [2.75, 3.05) is 26.7 Å². The fourth-order valence-corrected chi connectivity index (χ4v) is 1.24. The highest BCUT2D eigenvalue weighted by molar-refractivity contribution is 4.72. The van der Waals surface area contributed by atoms with Gasteiger partial charge in [-0.15, -0.1) is 0 Å². The lowest BCUT2D eigenvalue weighted by Crippen LogP contribution is -2.21. The number of halogens is 2. The highest BCUT2D eigenvalue weighted by Crippen LogP contribution is 2.10. The van der Waals surface area contributed by atoms with Crippen LogP contribution in [0, 0.1) is 0 Å². The Kier molecular flexibility index (Phi) is 3.20. The van der Waals surface area contributed by atoms with Gasteiger partial charge in [-0.3, -0.25) is 0 Å². The van der Waals surface area contributed by atoms with Gasteiger partial charge in [0, 0.05) is 13.1 Å². The van der Waals surface area contributed by atoms with E-state index in [4.69, 9.17) is 4.74 Å². The van der Waals surface area contributed by atoms with E-state index in [0.29, 0.717) is 0 Å². The molecular formula is C7H13F2NO. The molecule has 0 amide bonds. The molecule has 1 aliphatic rings. The van der Waals surface area contributed by atoms with Gasteiger partial charge in [0.1, 0.15) is 6.61 Å².